The zero-order valence-corrected chi connectivity index (χ0v) is 14.9. The molecular formula is C18H15Cl2FN4. The summed E-state index contributed by atoms with van der Waals surface area (Å²) in [5.74, 6) is 0.183. The average Bonchev–Trinajstić information content (AvgIpc) is 2.64. The second-order valence-electron chi connectivity index (χ2n) is 6.00. The van der Waals surface area contributed by atoms with Crippen molar-refractivity contribution in [1.29, 1.82) is 0 Å². The molecule has 0 unspecified atom stereocenters. The van der Waals surface area contributed by atoms with Gasteiger partial charge in [-0.2, -0.15) is 0 Å². The van der Waals surface area contributed by atoms with Gasteiger partial charge in [0.1, 0.15) is 17.2 Å². The number of halogens is 3. The van der Waals surface area contributed by atoms with Gasteiger partial charge in [0.25, 0.3) is 0 Å². The van der Waals surface area contributed by atoms with Crippen LogP contribution >= 0.6 is 23.2 Å². The van der Waals surface area contributed by atoms with Gasteiger partial charge < -0.3 is 4.90 Å². The van der Waals surface area contributed by atoms with Crippen molar-refractivity contribution < 1.29 is 4.39 Å². The first-order chi connectivity index (χ1) is 12.2. The van der Waals surface area contributed by atoms with Gasteiger partial charge in [-0.15, -0.1) is 0 Å². The minimum Gasteiger partial charge on any atom is -0.356 e. The van der Waals surface area contributed by atoms with E-state index in [4.69, 9.17) is 23.2 Å². The van der Waals surface area contributed by atoms with Crippen molar-refractivity contribution in [2.24, 2.45) is 0 Å². The van der Waals surface area contributed by atoms with E-state index in [0.29, 0.717) is 32.6 Å². The quantitative estimate of drug-likeness (QED) is 0.621. The number of fused-ring (bicyclic) bond motifs is 1. The summed E-state index contributed by atoms with van der Waals surface area (Å²) in [6.45, 7) is 1.68. The lowest BCUT2D eigenvalue weighted by Crippen LogP contribution is -2.31. The molecule has 0 radical (unpaired) electrons. The van der Waals surface area contributed by atoms with E-state index >= 15 is 0 Å². The van der Waals surface area contributed by atoms with E-state index in [0.717, 1.165) is 25.9 Å². The first-order valence-electron chi connectivity index (χ1n) is 8.16. The third kappa shape index (κ3) is 2.92. The lowest BCUT2D eigenvalue weighted by molar-refractivity contribution is 0.574. The molecular weight excluding hydrogens is 362 g/mol. The van der Waals surface area contributed by atoms with Crippen molar-refractivity contribution in [3.05, 3.63) is 46.5 Å². The molecule has 3 aromatic rings. The van der Waals surface area contributed by atoms with Crippen molar-refractivity contribution in [1.82, 2.24) is 15.0 Å². The summed E-state index contributed by atoms with van der Waals surface area (Å²) >= 11 is 13.0. The highest BCUT2D eigenvalue weighted by molar-refractivity contribution is 6.40. The second-order valence-corrected chi connectivity index (χ2v) is 6.78. The molecule has 0 saturated carbocycles. The van der Waals surface area contributed by atoms with Gasteiger partial charge in [-0.25, -0.2) is 19.3 Å². The van der Waals surface area contributed by atoms with Gasteiger partial charge in [0.2, 0.25) is 0 Å². The molecule has 1 aromatic carbocycles. The maximum absolute atomic E-state index is 14.6. The number of hydrogen-bond acceptors (Lipinski definition) is 4. The highest BCUT2D eigenvalue weighted by Crippen LogP contribution is 2.43. The molecule has 7 heteroatoms. The Labute approximate surface area is 154 Å². The lowest BCUT2D eigenvalue weighted by atomic mass is 10.0. The minimum absolute atomic E-state index is 0.259. The van der Waals surface area contributed by atoms with Gasteiger partial charge in [-0.1, -0.05) is 29.3 Å². The molecule has 0 amide bonds. The zero-order chi connectivity index (χ0) is 17.4. The normalized spacial score (nSPS) is 14.9. The van der Waals surface area contributed by atoms with Crippen LogP contribution < -0.4 is 4.90 Å². The summed E-state index contributed by atoms with van der Waals surface area (Å²) in [7, 11) is 0. The van der Waals surface area contributed by atoms with Gasteiger partial charge in [0, 0.05) is 36.6 Å². The predicted octanol–water partition coefficient (Wildman–Crippen LogP) is 5.13. The van der Waals surface area contributed by atoms with Gasteiger partial charge in [-0.05, 0) is 31.4 Å². The zero-order valence-electron chi connectivity index (χ0n) is 13.3. The molecule has 2 aromatic heterocycles. The maximum atomic E-state index is 14.6. The monoisotopic (exact) mass is 376 g/mol. The number of benzene rings is 1. The SMILES string of the molecule is Fc1cccc(Cl)c1-c1c(N2CCCCC2)nc2nccnc2c1Cl. The van der Waals surface area contributed by atoms with Crippen molar-refractivity contribution in [3.8, 4) is 11.1 Å². The van der Waals surface area contributed by atoms with Crippen LogP contribution in [0.2, 0.25) is 10.0 Å². The van der Waals surface area contributed by atoms with E-state index in [9.17, 15) is 4.39 Å². The van der Waals surface area contributed by atoms with Gasteiger partial charge >= 0.3 is 0 Å². The number of hydrogen-bond donors (Lipinski definition) is 0. The highest BCUT2D eigenvalue weighted by Gasteiger charge is 2.25. The Morgan fingerprint density at radius 2 is 1.72 bits per heavy atom. The number of rotatable bonds is 2. The number of pyridine rings is 1. The standard InChI is InChI=1S/C18H15Cl2FN4/c19-11-5-4-6-12(21)13(11)14-15(20)16-17(23-8-7-22-16)24-18(14)25-9-2-1-3-10-25/h4-8H,1-3,9-10H2. The molecule has 4 nitrogen and oxygen atoms in total. The molecule has 1 saturated heterocycles. The van der Waals surface area contributed by atoms with Crippen LogP contribution in [0.15, 0.2) is 30.6 Å². The third-order valence-electron chi connectivity index (χ3n) is 4.41. The van der Waals surface area contributed by atoms with Gasteiger partial charge in [0.05, 0.1) is 10.0 Å². The van der Waals surface area contributed by atoms with E-state index in [2.05, 4.69) is 19.9 Å². The second kappa shape index (κ2) is 6.73. The van der Waals surface area contributed by atoms with Crippen LogP contribution in [0, 0.1) is 5.82 Å². The smallest absolute Gasteiger partial charge is 0.181 e. The van der Waals surface area contributed by atoms with Crippen molar-refractivity contribution in [3.63, 3.8) is 0 Å². The molecule has 0 bridgehead atoms. The Kier molecular flexibility index (Phi) is 4.44. The molecule has 128 valence electrons. The molecule has 0 spiro atoms. The average molecular weight is 377 g/mol. The Hall–Kier alpha value is -1.98. The summed E-state index contributed by atoms with van der Waals surface area (Å²) in [5.41, 5.74) is 1.64. The van der Waals surface area contributed by atoms with Crippen LogP contribution in [0.5, 0.6) is 0 Å². The first kappa shape index (κ1) is 16.5. The Morgan fingerprint density at radius 1 is 0.960 bits per heavy atom. The molecule has 0 N–H and O–H groups in total. The number of aromatic nitrogens is 3. The number of nitrogens with zero attached hydrogens (tertiary/aromatic N) is 4. The van der Waals surface area contributed by atoms with Crippen LogP contribution in [0.3, 0.4) is 0 Å². The lowest BCUT2D eigenvalue weighted by Gasteiger charge is -2.30. The highest BCUT2D eigenvalue weighted by atomic mass is 35.5. The summed E-state index contributed by atoms with van der Waals surface area (Å²) in [6, 6.07) is 4.60. The van der Waals surface area contributed by atoms with Crippen LogP contribution in [0.25, 0.3) is 22.3 Å². The van der Waals surface area contributed by atoms with Crippen LogP contribution in [-0.4, -0.2) is 28.0 Å². The summed E-state index contributed by atoms with van der Waals surface area (Å²) < 4.78 is 14.6. The molecule has 0 aliphatic carbocycles. The molecule has 0 atom stereocenters. The number of anilines is 1. The largest absolute Gasteiger partial charge is 0.356 e. The summed E-state index contributed by atoms with van der Waals surface area (Å²) in [6.07, 6.45) is 6.41. The topological polar surface area (TPSA) is 41.9 Å². The van der Waals surface area contributed by atoms with Gasteiger partial charge in [0.15, 0.2) is 5.65 Å². The fraction of sp³-hybridized carbons (Fsp3) is 0.278. The summed E-state index contributed by atoms with van der Waals surface area (Å²) in [4.78, 5) is 15.3. The van der Waals surface area contributed by atoms with Crippen molar-refractivity contribution in [2.75, 3.05) is 18.0 Å². The molecule has 25 heavy (non-hydrogen) atoms. The Bertz CT molecular complexity index is 922. The van der Waals surface area contributed by atoms with Gasteiger partial charge in [-0.3, -0.25) is 0 Å². The first-order valence-corrected chi connectivity index (χ1v) is 8.92. The fourth-order valence-electron chi connectivity index (χ4n) is 3.23. The number of piperidine rings is 1. The van der Waals surface area contributed by atoms with E-state index < -0.39 is 5.82 Å². The van der Waals surface area contributed by atoms with E-state index in [1.807, 2.05) is 0 Å². The predicted molar refractivity (Wildman–Crippen MR) is 98.8 cm³/mol. The third-order valence-corrected chi connectivity index (χ3v) is 5.09. The molecule has 1 aliphatic rings. The van der Waals surface area contributed by atoms with E-state index in [1.165, 1.54) is 12.5 Å². The minimum atomic E-state index is -0.433. The van der Waals surface area contributed by atoms with E-state index in [-0.39, 0.29) is 5.56 Å². The Morgan fingerprint density at radius 3 is 2.48 bits per heavy atom. The van der Waals surface area contributed by atoms with Crippen LogP contribution in [0.1, 0.15) is 19.3 Å². The van der Waals surface area contributed by atoms with Crippen molar-refractivity contribution >= 4 is 40.2 Å². The molecule has 1 fully saturated rings. The Balaban J connectivity index is 2.05. The van der Waals surface area contributed by atoms with Crippen LogP contribution in [-0.2, 0) is 0 Å². The van der Waals surface area contributed by atoms with E-state index in [1.54, 1.807) is 24.5 Å². The maximum Gasteiger partial charge on any atom is 0.181 e. The molecule has 4 rings (SSSR count). The molecule has 1 aliphatic heterocycles. The van der Waals surface area contributed by atoms with Crippen molar-refractivity contribution in [2.45, 2.75) is 19.3 Å². The fourth-order valence-corrected chi connectivity index (χ4v) is 3.80. The summed E-state index contributed by atoms with van der Waals surface area (Å²) in [5, 5.41) is 0.621. The van der Waals surface area contributed by atoms with Crippen LogP contribution in [0.4, 0.5) is 10.2 Å². The molecule has 3 heterocycles.